The number of aliphatic hydroxyl groups excluding tert-OH is 1. The van der Waals surface area contributed by atoms with Crippen LogP contribution in [0.4, 0.5) is 5.69 Å². The fraction of sp³-hybridized carbons (Fsp3) is 0.375. The van der Waals surface area contributed by atoms with E-state index >= 15 is 0 Å². The number of carbonyl (C=O) groups is 2. The number of quaternary nitrogens is 1. The zero-order valence-corrected chi connectivity index (χ0v) is 13.8. The van der Waals surface area contributed by atoms with Crippen molar-refractivity contribution in [2.24, 2.45) is 0 Å². The van der Waals surface area contributed by atoms with Gasteiger partial charge in [0, 0.05) is 12.1 Å². The second-order valence-electron chi connectivity index (χ2n) is 6.03. The molecule has 1 amide bonds. The number of aliphatic hydroxyl groups is 1. The Morgan fingerprint density at radius 3 is 2.38 bits per heavy atom. The first-order valence-corrected chi connectivity index (χ1v) is 7.52. The second kappa shape index (κ2) is 6.79. The van der Waals surface area contributed by atoms with Crippen molar-refractivity contribution in [3.05, 3.63) is 51.3 Å². The van der Waals surface area contributed by atoms with E-state index in [1.54, 1.807) is 0 Å². The molecule has 0 saturated heterocycles. The molecule has 8 heteroatoms. The summed E-state index contributed by atoms with van der Waals surface area (Å²) >= 11 is 0. The number of ketones is 1. The number of rotatable bonds is 6. The average molecular weight is 334 g/mol. The van der Waals surface area contributed by atoms with Crippen LogP contribution in [0.5, 0.6) is 0 Å². The van der Waals surface area contributed by atoms with Crippen LogP contribution in [0.1, 0.15) is 18.5 Å². The van der Waals surface area contributed by atoms with E-state index < -0.39 is 28.4 Å². The van der Waals surface area contributed by atoms with Gasteiger partial charge in [0.2, 0.25) is 0 Å². The third kappa shape index (κ3) is 3.28. The van der Waals surface area contributed by atoms with Crippen LogP contribution in [0.3, 0.4) is 0 Å². The first-order valence-electron chi connectivity index (χ1n) is 7.52. The number of non-ortho nitro benzene ring substituents is 1. The summed E-state index contributed by atoms with van der Waals surface area (Å²) in [7, 11) is 3.86. The molecular formula is C16H20N3O5+. The Morgan fingerprint density at radius 1 is 1.33 bits per heavy atom. The van der Waals surface area contributed by atoms with Gasteiger partial charge in [-0.05, 0) is 24.6 Å². The molecule has 0 fully saturated rings. The van der Waals surface area contributed by atoms with E-state index in [1.807, 2.05) is 14.1 Å². The SMILES string of the molecule is CC(=O)C1=C(O)C(=O)N(CC[NH+](C)C)[C@@H]1c1ccc([N+](=O)[O-])cc1. The molecule has 2 rings (SSSR count). The number of Topliss-reactive ketones (excluding diaryl/α,β-unsaturated/α-hetero) is 1. The number of hydrogen-bond acceptors (Lipinski definition) is 5. The minimum Gasteiger partial charge on any atom is -0.503 e. The summed E-state index contributed by atoms with van der Waals surface area (Å²) in [4.78, 5) is 37.1. The van der Waals surface area contributed by atoms with E-state index in [1.165, 1.54) is 36.1 Å². The fourth-order valence-electron chi connectivity index (χ4n) is 2.71. The predicted octanol–water partition coefficient (Wildman–Crippen LogP) is 0.0237. The third-order valence-corrected chi connectivity index (χ3v) is 3.96. The summed E-state index contributed by atoms with van der Waals surface area (Å²) < 4.78 is 0. The van der Waals surface area contributed by atoms with E-state index in [0.29, 0.717) is 18.7 Å². The van der Waals surface area contributed by atoms with Crippen molar-refractivity contribution < 1.29 is 24.5 Å². The van der Waals surface area contributed by atoms with Crippen LogP contribution in [0.2, 0.25) is 0 Å². The molecule has 0 saturated carbocycles. The summed E-state index contributed by atoms with van der Waals surface area (Å²) in [5.74, 6) is -1.53. The van der Waals surface area contributed by atoms with E-state index in [9.17, 15) is 24.8 Å². The maximum atomic E-state index is 12.3. The summed E-state index contributed by atoms with van der Waals surface area (Å²) in [6, 6.07) is 4.93. The second-order valence-corrected chi connectivity index (χ2v) is 6.03. The van der Waals surface area contributed by atoms with Crippen LogP contribution in [-0.4, -0.2) is 53.8 Å². The van der Waals surface area contributed by atoms with Gasteiger partial charge in [-0.2, -0.15) is 0 Å². The van der Waals surface area contributed by atoms with E-state index in [2.05, 4.69) is 0 Å². The molecule has 1 aliphatic rings. The average Bonchev–Trinajstić information content (AvgIpc) is 2.77. The highest BCUT2D eigenvalue weighted by atomic mass is 16.6. The molecule has 128 valence electrons. The molecule has 1 aliphatic heterocycles. The van der Waals surface area contributed by atoms with E-state index in [4.69, 9.17) is 0 Å². The zero-order valence-electron chi connectivity index (χ0n) is 13.8. The molecule has 1 aromatic carbocycles. The van der Waals surface area contributed by atoms with Crippen molar-refractivity contribution in [1.82, 2.24) is 4.90 Å². The van der Waals surface area contributed by atoms with Gasteiger partial charge in [0.15, 0.2) is 11.5 Å². The molecule has 0 radical (unpaired) electrons. The Morgan fingerprint density at radius 2 is 1.92 bits per heavy atom. The van der Waals surface area contributed by atoms with Crippen molar-refractivity contribution in [3.8, 4) is 0 Å². The topological polar surface area (TPSA) is 105 Å². The molecule has 0 bridgehead atoms. The Hall–Kier alpha value is -2.74. The lowest BCUT2D eigenvalue weighted by Gasteiger charge is -2.26. The maximum Gasteiger partial charge on any atom is 0.290 e. The number of likely N-dealkylation sites (N-methyl/N-ethyl adjacent to an activating group) is 1. The number of benzene rings is 1. The van der Waals surface area contributed by atoms with Crippen LogP contribution in [0.25, 0.3) is 0 Å². The maximum absolute atomic E-state index is 12.3. The molecule has 0 spiro atoms. The lowest BCUT2D eigenvalue weighted by Crippen LogP contribution is -3.06. The summed E-state index contributed by atoms with van der Waals surface area (Å²) in [5.41, 5.74) is 0.504. The quantitative estimate of drug-likeness (QED) is 0.564. The zero-order chi connectivity index (χ0) is 18.0. The number of carbonyl (C=O) groups excluding carboxylic acids is 2. The fourth-order valence-corrected chi connectivity index (χ4v) is 2.71. The lowest BCUT2D eigenvalue weighted by molar-refractivity contribution is -0.857. The summed E-state index contributed by atoms with van der Waals surface area (Å²) in [5, 5.41) is 20.9. The van der Waals surface area contributed by atoms with Crippen LogP contribution < -0.4 is 4.90 Å². The number of nitrogens with zero attached hydrogens (tertiary/aromatic N) is 2. The van der Waals surface area contributed by atoms with E-state index in [0.717, 1.165) is 4.90 Å². The first-order chi connectivity index (χ1) is 11.2. The van der Waals surface area contributed by atoms with Gasteiger partial charge < -0.3 is 14.9 Å². The van der Waals surface area contributed by atoms with Gasteiger partial charge in [-0.3, -0.25) is 19.7 Å². The van der Waals surface area contributed by atoms with Crippen molar-refractivity contribution in [3.63, 3.8) is 0 Å². The standard InChI is InChI=1S/C16H19N3O5/c1-10(20)13-14(11-4-6-12(7-5-11)19(23)24)18(9-8-17(2)3)16(22)15(13)21/h4-7,14,21H,8-9H2,1-3H3/p+1/t14-/m1/s1. The molecule has 1 atom stereocenters. The lowest BCUT2D eigenvalue weighted by atomic mass is 9.96. The molecule has 1 heterocycles. The van der Waals surface area contributed by atoms with Crippen LogP contribution in [0.15, 0.2) is 35.6 Å². The van der Waals surface area contributed by atoms with Gasteiger partial charge in [0.25, 0.3) is 11.6 Å². The van der Waals surface area contributed by atoms with Gasteiger partial charge in [-0.25, -0.2) is 0 Å². The highest BCUT2D eigenvalue weighted by Gasteiger charge is 2.42. The van der Waals surface area contributed by atoms with E-state index in [-0.39, 0.29) is 11.3 Å². The molecule has 2 N–H and O–H groups in total. The molecule has 1 aromatic rings. The molecule has 0 aliphatic carbocycles. The van der Waals surface area contributed by atoms with Crippen molar-refractivity contribution >= 4 is 17.4 Å². The Kier molecular flexibility index (Phi) is 4.99. The highest BCUT2D eigenvalue weighted by molar-refractivity contribution is 6.08. The summed E-state index contributed by atoms with van der Waals surface area (Å²) in [6.07, 6.45) is 0. The van der Waals surface area contributed by atoms with Gasteiger partial charge >= 0.3 is 0 Å². The Bertz CT molecular complexity index is 709. The van der Waals surface area contributed by atoms with Crippen molar-refractivity contribution in [2.45, 2.75) is 13.0 Å². The first kappa shape index (κ1) is 17.6. The van der Waals surface area contributed by atoms with Gasteiger partial charge in [-0.1, -0.05) is 0 Å². The molecule has 0 aromatic heterocycles. The monoisotopic (exact) mass is 334 g/mol. The normalized spacial score (nSPS) is 17.8. The molecule has 24 heavy (non-hydrogen) atoms. The smallest absolute Gasteiger partial charge is 0.290 e. The van der Waals surface area contributed by atoms with Crippen LogP contribution in [-0.2, 0) is 9.59 Å². The van der Waals surface area contributed by atoms with Crippen LogP contribution >= 0.6 is 0 Å². The minimum absolute atomic E-state index is 0.0302. The number of nitrogens with one attached hydrogen (secondary N) is 1. The van der Waals surface area contributed by atoms with Crippen LogP contribution in [0, 0.1) is 10.1 Å². The molecule has 0 unspecified atom stereocenters. The highest BCUT2D eigenvalue weighted by Crippen LogP contribution is 2.37. The third-order valence-electron chi connectivity index (χ3n) is 3.96. The van der Waals surface area contributed by atoms with Gasteiger partial charge in [0.05, 0.1) is 43.7 Å². The van der Waals surface area contributed by atoms with Crippen molar-refractivity contribution in [2.75, 3.05) is 27.2 Å². The summed E-state index contributed by atoms with van der Waals surface area (Å²) in [6.45, 7) is 2.27. The predicted molar refractivity (Wildman–Crippen MR) is 85.6 cm³/mol. The molecule has 8 nitrogen and oxygen atoms in total. The van der Waals surface area contributed by atoms with Crippen molar-refractivity contribution in [1.29, 1.82) is 0 Å². The largest absolute Gasteiger partial charge is 0.503 e. The Labute approximate surface area is 139 Å². The number of amides is 1. The number of nitro benzene ring substituents is 1. The number of hydrogen-bond donors (Lipinski definition) is 2. The Balaban J connectivity index is 2.44. The van der Waals surface area contributed by atoms with Gasteiger partial charge in [0.1, 0.15) is 0 Å². The molecular weight excluding hydrogens is 314 g/mol. The van der Waals surface area contributed by atoms with Gasteiger partial charge in [-0.15, -0.1) is 0 Å². The number of nitro groups is 1. The minimum atomic E-state index is -0.727.